The topological polar surface area (TPSA) is 59.0 Å². The van der Waals surface area contributed by atoms with Gasteiger partial charge in [0.05, 0.1) is 5.69 Å². The normalized spacial score (nSPS) is 11.8. The van der Waals surface area contributed by atoms with Crippen molar-refractivity contribution in [1.29, 1.82) is 0 Å². The van der Waals surface area contributed by atoms with Crippen molar-refractivity contribution in [3.05, 3.63) is 17.0 Å². The molecule has 0 aromatic carbocycles. The molecule has 1 aromatic rings. The molecule has 0 spiro atoms. The van der Waals surface area contributed by atoms with E-state index < -0.39 is 0 Å². The van der Waals surface area contributed by atoms with Crippen molar-refractivity contribution in [2.24, 2.45) is 7.05 Å². The summed E-state index contributed by atoms with van der Waals surface area (Å²) in [4.78, 5) is 11.6. The fourth-order valence-electron chi connectivity index (χ4n) is 2.06. The Morgan fingerprint density at radius 2 is 2.05 bits per heavy atom. The molecule has 19 heavy (non-hydrogen) atoms. The summed E-state index contributed by atoms with van der Waals surface area (Å²) in [5, 5.41) is 10.4. The minimum atomic E-state index is 0. The summed E-state index contributed by atoms with van der Waals surface area (Å²) in [6.45, 7) is 6.81. The number of aryl methyl sites for hydroxylation is 2. The number of carbonyl (C=O) groups excluding carboxylic acids is 1. The molecule has 1 aromatic heterocycles. The first-order valence-electron chi connectivity index (χ1n) is 6.38. The molecule has 6 heteroatoms. The highest BCUT2D eigenvalue weighted by atomic mass is 35.5. The Morgan fingerprint density at radius 1 is 1.42 bits per heavy atom. The Hall–Kier alpha value is -1.07. The first kappa shape index (κ1) is 17.9. The summed E-state index contributed by atoms with van der Waals surface area (Å²) in [5.41, 5.74) is 3.45. The van der Waals surface area contributed by atoms with Gasteiger partial charge in [-0.05, 0) is 39.8 Å². The number of amides is 1. The van der Waals surface area contributed by atoms with Crippen LogP contribution >= 0.6 is 12.4 Å². The summed E-state index contributed by atoms with van der Waals surface area (Å²) in [7, 11) is 3.79. The molecule has 1 unspecified atom stereocenters. The quantitative estimate of drug-likeness (QED) is 0.825. The Labute approximate surface area is 121 Å². The number of hydrogen-bond donors (Lipinski definition) is 2. The summed E-state index contributed by atoms with van der Waals surface area (Å²) in [5.74, 6) is 0.0936. The predicted octanol–water partition coefficient (Wildman–Crippen LogP) is 1.12. The van der Waals surface area contributed by atoms with E-state index in [-0.39, 0.29) is 24.4 Å². The van der Waals surface area contributed by atoms with Crippen LogP contribution in [0.3, 0.4) is 0 Å². The molecule has 0 saturated carbocycles. The third kappa shape index (κ3) is 5.20. The van der Waals surface area contributed by atoms with E-state index in [2.05, 4.69) is 22.7 Å². The highest BCUT2D eigenvalue weighted by Crippen LogP contribution is 2.14. The van der Waals surface area contributed by atoms with Gasteiger partial charge in [-0.1, -0.05) is 0 Å². The van der Waals surface area contributed by atoms with E-state index in [1.165, 1.54) is 11.3 Å². The lowest BCUT2D eigenvalue weighted by atomic mass is 10.1. The molecular weight excluding hydrogens is 264 g/mol. The minimum Gasteiger partial charge on any atom is -0.353 e. The van der Waals surface area contributed by atoms with Gasteiger partial charge in [0.25, 0.3) is 0 Å². The third-order valence-corrected chi connectivity index (χ3v) is 3.18. The molecule has 0 radical (unpaired) electrons. The average Bonchev–Trinajstić information content (AvgIpc) is 2.53. The van der Waals surface area contributed by atoms with Crippen molar-refractivity contribution in [2.75, 3.05) is 13.6 Å². The smallest absolute Gasteiger partial charge is 0.221 e. The number of carbonyl (C=O) groups is 1. The second-order valence-electron chi connectivity index (χ2n) is 4.80. The second-order valence-corrected chi connectivity index (χ2v) is 4.80. The van der Waals surface area contributed by atoms with Crippen LogP contribution in [0.4, 0.5) is 0 Å². The van der Waals surface area contributed by atoms with E-state index in [1.54, 1.807) is 0 Å². The van der Waals surface area contributed by atoms with E-state index >= 15 is 0 Å². The first-order chi connectivity index (χ1) is 8.45. The van der Waals surface area contributed by atoms with Crippen molar-refractivity contribution >= 4 is 18.3 Å². The van der Waals surface area contributed by atoms with Crippen LogP contribution in [-0.4, -0.2) is 35.3 Å². The van der Waals surface area contributed by atoms with E-state index in [0.29, 0.717) is 13.0 Å². The molecule has 1 atom stereocenters. The van der Waals surface area contributed by atoms with Crippen LogP contribution < -0.4 is 10.6 Å². The molecular formula is C13H25ClN4O. The largest absolute Gasteiger partial charge is 0.353 e. The number of rotatable bonds is 6. The molecule has 0 aliphatic rings. The van der Waals surface area contributed by atoms with Gasteiger partial charge in [0.2, 0.25) is 5.91 Å². The lowest BCUT2D eigenvalue weighted by Crippen LogP contribution is -2.35. The van der Waals surface area contributed by atoms with Crippen molar-refractivity contribution in [1.82, 2.24) is 20.4 Å². The van der Waals surface area contributed by atoms with Crippen LogP contribution in [0.1, 0.15) is 30.3 Å². The monoisotopic (exact) mass is 288 g/mol. The Morgan fingerprint density at radius 3 is 2.53 bits per heavy atom. The van der Waals surface area contributed by atoms with Crippen LogP contribution in [0.5, 0.6) is 0 Å². The number of halogens is 1. The van der Waals surface area contributed by atoms with Crippen LogP contribution in [0, 0.1) is 13.8 Å². The second kappa shape index (κ2) is 8.17. The summed E-state index contributed by atoms with van der Waals surface area (Å²) < 4.78 is 1.89. The fourth-order valence-corrected chi connectivity index (χ4v) is 2.06. The van der Waals surface area contributed by atoms with E-state index in [1.807, 2.05) is 32.6 Å². The molecule has 2 N–H and O–H groups in total. The number of aromatic nitrogens is 2. The molecule has 0 aliphatic heterocycles. The lowest BCUT2D eigenvalue weighted by Gasteiger charge is -2.14. The van der Waals surface area contributed by atoms with Gasteiger partial charge in [-0.15, -0.1) is 12.4 Å². The molecule has 1 rings (SSSR count). The highest BCUT2D eigenvalue weighted by molar-refractivity contribution is 5.85. The maximum Gasteiger partial charge on any atom is 0.221 e. The SMILES string of the molecule is CNCCC(=O)NC(C)Cc1c(C)nn(C)c1C.Cl. The first-order valence-corrected chi connectivity index (χ1v) is 6.38. The van der Waals surface area contributed by atoms with Crippen LogP contribution in [0.25, 0.3) is 0 Å². The molecule has 0 bridgehead atoms. The zero-order valence-corrected chi connectivity index (χ0v) is 13.2. The highest BCUT2D eigenvalue weighted by Gasteiger charge is 2.14. The van der Waals surface area contributed by atoms with Gasteiger partial charge in [0, 0.05) is 31.7 Å². The van der Waals surface area contributed by atoms with Crippen molar-refractivity contribution < 1.29 is 4.79 Å². The summed E-state index contributed by atoms with van der Waals surface area (Å²) >= 11 is 0. The van der Waals surface area contributed by atoms with E-state index in [9.17, 15) is 4.79 Å². The molecule has 0 saturated heterocycles. The number of nitrogens with one attached hydrogen (secondary N) is 2. The maximum absolute atomic E-state index is 11.6. The van der Waals surface area contributed by atoms with E-state index in [4.69, 9.17) is 0 Å². The van der Waals surface area contributed by atoms with Gasteiger partial charge in [0.1, 0.15) is 0 Å². The van der Waals surface area contributed by atoms with Gasteiger partial charge in [0.15, 0.2) is 0 Å². The van der Waals surface area contributed by atoms with Crippen molar-refractivity contribution in [3.8, 4) is 0 Å². The number of nitrogens with zero attached hydrogens (tertiary/aromatic N) is 2. The van der Waals surface area contributed by atoms with Gasteiger partial charge < -0.3 is 10.6 Å². The molecule has 110 valence electrons. The fraction of sp³-hybridized carbons (Fsp3) is 0.692. The average molecular weight is 289 g/mol. The Balaban J connectivity index is 0.00000324. The molecule has 1 amide bonds. The van der Waals surface area contributed by atoms with Gasteiger partial charge in [-0.3, -0.25) is 9.48 Å². The summed E-state index contributed by atoms with van der Waals surface area (Å²) in [6.07, 6.45) is 1.35. The summed E-state index contributed by atoms with van der Waals surface area (Å²) in [6, 6.07) is 0.135. The molecule has 1 heterocycles. The molecule has 0 fully saturated rings. The third-order valence-electron chi connectivity index (χ3n) is 3.18. The van der Waals surface area contributed by atoms with Gasteiger partial charge in [-0.2, -0.15) is 5.10 Å². The van der Waals surface area contributed by atoms with Gasteiger partial charge in [-0.25, -0.2) is 0 Å². The Kier molecular flexibility index (Phi) is 7.71. The van der Waals surface area contributed by atoms with Gasteiger partial charge >= 0.3 is 0 Å². The standard InChI is InChI=1S/C13H24N4O.ClH/c1-9(15-13(18)6-7-14-4)8-12-10(2)16-17(5)11(12)3;/h9,14H,6-8H2,1-5H3,(H,15,18);1H. The van der Waals surface area contributed by atoms with Crippen molar-refractivity contribution in [2.45, 2.75) is 39.7 Å². The minimum absolute atomic E-state index is 0. The van der Waals surface area contributed by atoms with E-state index in [0.717, 1.165) is 12.1 Å². The molecule has 5 nitrogen and oxygen atoms in total. The van der Waals surface area contributed by atoms with Crippen molar-refractivity contribution in [3.63, 3.8) is 0 Å². The van der Waals surface area contributed by atoms with Crippen LogP contribution in [0.15, 0.2) is 0 Å². The Bertz CT molecular complexity index is 417. The zero-order valence-electron chi connectivity index (χ0n) is 12.4. The number of hydrogen-bond acceptors (Lipinski definition) is 3. The predicted molar refractivity (Wildman–Crippen MR) is 79.8 cm³/mol. The maximum atomic E-state index is 11.6. The van der Waals surface area contributed by atoms with Crippen LogP contribution in [-0.2, 0) is 18.3 Å². The molecule has 0 aliphatic carbocycles. The lowest BCUT2D eigenvalue weighted by molar-refractivity contribution is -0.121. The zero-order chi connectivity index (χ0) is 13.7. The van der Waals surface area contributed by atoms with Crippen LogP contribution in [0.2, 0.25) is 0 Å².